The number of carbonyl (C=O) groups is 2. The Balaban J connectivity index is 3.14. The molecule has 0 spiro atoms. The predicted octanol–water partition coefficient (Wildman–Crippen LogP) is 0.589. The van der Waals surface area contributed by atoms with Crippen molar-refractivity contribution >= 4 is 11.6 Å². The number of rotatable bonds is 2. The Morgan fingerprint density at radius 2 is 1.77 bits per heavy atom. The van der Waals surface area contributed by atoms with Crippen molar-refractivity contribution in [3.63, 3.8) is 0 Å². The van der Waals surface area contributed by atoms with Crippen molar-refractivity contribution in [2.45, 2.75) is 6.92 Å². The third-order valence-electron chi connectivity index (χ3n) is 1.83. The average molecular weight is 182 g/mol. The first kappa shape index (κ1) is 9.51. The van der Waals surface area contributed by atoms with E-state index in [9.17, 15) is 9.59 Å². The van der Waals surface area contributed by atoms with Gasteiger partial charge in [0.15, 0.2) is 17.3 Å². The lowest BCUT2D eigenvalue weighted by Gasteiger charge is -2.14. The van der Waals surface area contributed by atoms with Gasteiger partial charge in [0, 0.05) is 11.6 Å². The van der Waals surface area contributed by atoms with Gasteiger partial charge in [-0.15, -0.1) is 0 Å². The summed E-state index contributed by atoms with van der Waals surface area (Å²) < 4.78 is 9.54. The van der Waals surface area contributed by atoms with Crippen LogP contribution in [0.15, 0.2) is 23.2 Å². The number of ether oxygens (including phenoxy) is 2. The molecule has 0 aromatic heterocycles. The summed E-state index contributed by atoms with van der Waals surface area (Å²) in [7, 11) is 2.69. The summed E-state index contributed by atoms with van der Waals surface area (Å²) in [4.78, 5) is 22.6. The van der Waals surface area contributed by atoms with Gasteiger partial charge in [-0.25, -0.2) is 0 Å². The van der Waals surface area contributed by atoms with Gasteiger partial charge in [-0.05, 0) is 6.92 Å². The van der Waals surface area contributed by atoms with Crippen LogP contribution in [0.4, 0.5) is 0 Å². The van der Waals surface area contributed by atoms with Crippen LogP contribution in [0.3, 0.4) is 0 Å². The van der Waals surface area contributed by atoms with Crippen LogP contribution in [-0.2, 0) is 19.1 Å². The summed E-state index contributed by atoms with van der Waals surface area (Å²) in [6, 6.07) is 0. The van der Waals surface area contributed by atoms with Crippen LogP contribution in [0.2, 0.25) is 0 Å². The van der Waals surface area contributed by atoms with E-state index >= 15 is 0 Å². The number of hydrogen-bond acceptors (Lipinski definition) is 4. The predicted molar refractivity (Wildman–Crippen MR) is 44.8 cm³/mol. The maximum atomic E-state index is 11.4. The van der Waals surface area contributed by atoms with Crippen molar-refractivity contribution in [2.24, 2.45) is 0 Å². The zero-order chi connectivity index (χ0) is 10.0. The van der Waals surface area contributed by atoms with Crippen molar-refractivity contribution < 1.29 is 19.1 Å². The zero-order valence-electron chi connectivity index (χ0n) is 7.71. The van der Waals surface area contributed by atoms with E-state index in [0.29, 0.717) is 5.57 Å². The van der Waals surface area contributed by atoms with Gasteiger partial charge in [0.05, 0.1) is 14.2 Å². The Hall–Kier alpha value is -1.58. The molecule has 0 heterocycles. The maximum absolute atomic E-state index is 11.4. The Labute approximate surface area is 75.8 Å². The SMILES string of the molecule is COC1=CC(=O)C(C)=C(OC)C1=O. The zero-order valence-corrected chi connectivity index (χ0v) is 7.71. The van der Waals surface area contributed by atoms with E-state index in [-0.39, 0.29) is 23.1 Å². The van der Waals surface area contributed by atoms with E-state index in [1.165, 1.54) is 20.3 Å². The molecule has 0 aromatic rings. The van der Waals surface area contributed by atoms with E-state index in [2.05, 4.69) is 0 Å². The van der Waals surface area contributed by atoms with Crippen LogP contribution in [0, 0.1) is 0 Å². The Morgan fingerprint density at radius 3 is 2.23 bits per heavy atom. The van der Waals surface area contributed by atoms with Gasteiger partial charge in [0.1, 0.15) is 0 Å². The lowest BCUT2D eigenvalue weighted by atomic mass is 10.0. The topological polar surface area (TPSA) is 52.6 Å². The van der Waals surface area contributed by atoms with Gasteiger partial charge < -0.3 is 9.47 Å². The molecule has 0 radical (unpaired) electrons. The van der Waals surface area contributed by atoms with Crippen molar-refractivity contribution in [3.8, 4) is 0 Å². The molecule has 1 aliphatic carbocycles. The van der Waals surface area contributed by atoms with Crippen molar-refractivity contribution in [1.82, 2.24) is 0 Å². The highest BCUT2D eigenvalue weighted by molar-refractivity contribution is 6.20. The summed E-state index contributed by atoms with van der Waals surface area (Å²) in [6.45, 7) is 1.54. The number of Topliss-reactive ketones (excluding diaryl/α,β-unsaturated/α-hetero) is 1. The molecule has 13 heavy (non-hydrogen) atoms. The molecule has 0 amide bonds. The Bertz CT molecular complexity index is 323. The van der Waals surface area contributed by atoms with Crippen LogP contribution in [0.1, 0.15) is 6.92 Å². The molecule has 0 saturated carbocycles. The molecular weight excluding hydrogens is 172 g/mol. The highest BCUT2D eigenvalue weighted by Crippen LogP contribution is 2.19. The first-order chi connectivity index (χ1) is 6.11. The number of ketones is 2. The number of allylic oxidation sites excluding steroid dienone is 2. The molecule has 0 N–H and O–H groups in total. The number of carbonyl (C=O) groups excluding carboxylic acids is 2. The highest BCUT2D eigenvalue weighted by Gasteiger charge is 2.27. The molecule has 0 atom stereocenters. The third kappa shape index (κ3) is 1.47. The second kappa shape index (κ2) is 3.43. The molecule has 0 aliphatic heterocycles. The van der Waals surface area contributed by atoms with E-state index < -0.39 is 0 Å². The monoisotopic (exact) mass is 182 g/mol. The summed E-state index contributed by atoms with van der Waals surface area (Å²) >= 11 is 0. The minimum absolute atomic E-state index is 0.0208. The fourth-order valence-electron chi connectivity index (χ4n) is 1.08. The fraction of sp³-hybridized carbons (Fsp3) is 0.333. The molecule has 4 heteroatoms. The van der Waals surface area contributed by atoms with Gasteiger partial charge in [0.25, 0.3) is 5.78 Å². The van der Waals surface area contributed by atoms with Crippen LogP contribution >= 0.6 is 0 Å². The van der Waals surface area contributed by atoms with Gasteiger partial charge in [-0.3, -0.25) is 9.59 Å². The lowest BCUT2D eigenvalue weighted by molar-refractivity contribution is -0.120. The highest BCUT2D eigenvalue weighted by atomic mass is 16.5. The number of methoxy groups -OCH3 is 2. The molecule has 1 rings (SSSR count). The molecule has 0 aromatic carbocycles. The average Bonchev–Trinajstić information content (AvgIpc) is 2.12. The summed E-state index contributed by atoms with van der Waals surface area (Å²) in [5, 5.41) is 0. The largest absolute Gasteiger partial charge is 0.492 e. The second-order valence-electron chi connectivity index (χ2n) is 2.56. The quantitative estimate of drug-likeness (QED) is 0.586. The van der Waals surface area contributed by atoms with Crippen LogP contribution in [-0.4, -0.2) is 25.8 Å². The van der Waals surface area contributed by atoms with Crippen LogP contribution in [0.25, 0.3) is 0 Å². The smallest absolute Gasteiger partial charge is 0.262 e. The molecule has 0 unspecified atom stereocenters. The Morgan fingerprint density at radius 1 is 1.15 bits per heavy atom. The second-order valence-corrected chi connectivity index (χ2v) is 2.56. The van der Waals surface area contributed by atoms with E-state index in [4.69, 9.17) is 9.47 Å². The van der Waals surface area contributed by atoms with Gasteiger partial charge in [0.2, 0.25) is 0 Å². The maximum Gasteiger partial charge on any atom is 0.262 e. The van der Waals surface area contributed by atoms with Crippen molar-refractivity contribution in [3.05, 3.63) is 23.2 Å². The standard InChI is InChI=1S/C9H10O4/c1-5-6(10)4-7(12-2)8(11)9(5)13-3/h4H,1-3H3. The van der Waals surface area contributed by atoms with Gasteiger partial charge >= 0.3 is 0 Å². The molecule has 0 bridgehead atoms. The first-order valence-electron chi connectivity index (χ1n) is 3.71. The minimum Gasteiger partial charge on any atom is -0.492 e. The normalized spacial score (nSPS) is 17.3. The lowest BCUT2D eigenvalue weighted by Crippen LogP contribution is -2.20. The van der Waals surface area contributed by atoms with Crippen molar-refractivity contribution in [1.29, 1.82) is 0 Å². The third-order valence-corrected chi connectivity index (χ3v) is 1.83. The molecule has 0 fully saturated rings. The van der Waals surface area contributed by atoms with E-state index in [1.807, 2.05) is 0 Å². The van der Waals surface area contributed by atoms with E-state index in [1.54, 1.807) is 6.92 Å². The molecule has 0 saturated heterocycles. The van der Waals surface area contributed by atoms with Crippen LogP contribution < -0.4 is 0 Å². The van der Waals surface area contributed by atoms with Gasteiger partial charge in [-0.2, -0.15) is 0 Å². The number of hydrogen-bond donors (Lipinski definition) is 0. The molecular formula is C9H10O4. The Kier molecular flexibility index (Phi) is 2.51. The first-order valence-corrected chi connectivity index (χ1v) is 3.71. The van der Waals surface area contributed by atoms with Gasteiger partial charge in [-0.1, -0.05) is 0 Å². The molecule has 4 nitrogen and oxygen atoms in total. The van der Waals surface area contributed by atoms with Crippen LogP contribution in [0.5, 0.6) is 0 Å². The summed E-state index contributed by atoms with van der Waals surface area (Å²) in [5.41, 5.74) is 0.313. The minimum atomic E-state index is -0.387. The fourth-order valence-corrected chi connectivity index (χ4v) is 1.08. The van der Waals surface area contributed by atoms with E-state index in [0.717, 1.165) is 0 Å². The molecule has 1 aliphatic rings. The summed E-state index contributed by atoms with van der Waals surface area (Å²) in [5.74, 6) is -0.563. The van der Waals surface area contributed by atoms with Crippen molar-refractivity contribution in [2.75, 3.05) is 14.2 Å². The molecule has 70 valence electrons. The summed E-state index contributed by atoms with van der Waals surface area (Å²) in [6.07, 6.45) is 1.17.